The number of sulfonamides is 1. The standard InChI is InChI=1S/C23H26N2O5S/c1-16-9-10-17(2)25(16)20-13-11-18(12-14-20)23(26)24(31(5,27)28)15-19-7-6-8-21(29-3)22(19)30-4/h6-14H,15H2,1-5H3. The van der Waals surface area contributed by atoms with Gasteiger partial charge in [-0.3, -0.25) is 4.79 Å². The van der Waals surface area contributed by atoms with Crippen molar-refractivity contribution in [3.63, 3.8) is 0 Å². The van der Waals surface area contributed by atoms with E-state index in [0.29, 0.717) is 17.1 Å². The van der Waals surface area contributed by atoms with Gasteiger partial charge in [-0.2, -0.15) is 0 Å². The number of ether oxygens (including phenoxy) is 2. The van der Waals surface area contributed by atoms with Crippen LogP contribution >= 0.6 is 0 Å². The molecule has 1 aromatic heterocycles. The second kappa shape index (κ2) is 8.85. The zero-order chi connectivity index (χ0) is 22.8. The summed E-state index contributed by atoms with van der Waals surface area (Å²) in [5.41, 5.74) is 3.84. The van der Waals surface area contributed by atoms with Gasteiger partial charge in [-0.25, -0.2) is 12.7 Å². The van der Waals surface area contributed by atoms with E-state index in [1.807, 2.05) is 26.0 Å². The molecule has 0 saturated carbocycles. The van der Waals surface area contributed by atoms with Crippen molar-refractivity contribution in [3.8, 4) is 17.2 Å². The van der Waals surface area contributed by atoms with Gasteiger partial charge in [0.25, 0.3) is 5.91 Å². The van der Waals surface area contributed by atoms with Crippen LogP contribution in [0.1, 0.15) is 27.3 Å². The molecule has 2 aromatic carbocycles. The van der Waals surface area contributed by atoms with Crippen LogP contribution in [0.15, 0.2) is 54.6 Å². The number of nitrogens with zero attached hydrogens (tertiary/aromatic N) is 2. The molecule has 3 aromatic rings. The Kier molecular flexibility index (Phi) is 6.40. The molecule has 1 heterocycles. The van der Waals surface area contributed by atoms with E-state index in [4.69, 9.17) is 9.47 Å². The number of aromatic nitrogens is 1. The Balaban J connectivity index is 1.95. The molecule has 3 rings (SSSR count). The molecule has 0 fully saturated rings. The first-order valence-electron chi connectivity index (χ1n) is 9.64. The lowest BCUT2D eigenvalue weighted by atomic mass is 10.1. The van der Waals surface area contributed by atoms with Gasteiger partial charge in [0, 0.05) is 28.2 Å². The van der Waals surface area contributed by atoms with E-state index in [2.05, 4.69) is 4.57 Å². The van der Waals surface area contributed by atoms with Crippen molar-refractivity contribution in [1.29, 1.82) is 0 Å². The molecule has 0 aliphatic heterocycles. The van der Waals surface area contributed by atoms with Crippen molar-refractivity contribution in [2.45, 2.75) is 20.4 Å². The Hall–Kier alpha value is -3.26. The van der Waals surface area contributed by atoms with Gasteiger partial charge in [-0.1, -0.05) is 12.1 Å². The summed E-state index contributed by atoms with van der Waals surface area (Å²) in [4.78, 5) is 13.1. The summed E-state index contributed by atoms with van der Waals surface area (Å²) in [6.07, 6.45) is 1.01. The summed E-state index contributed by atoms with van der Waals surface area (Å²) in [6, 6.07) is 16.0. The zero-order valence-electron chi connectivity index (χ0n) is 18.2. The van der Waals surface area contributed by atoms with Crippen LogP contribution < -0.4 is 9.47 Å². The van der Waals surface area contributed by atoms with E-state index in [1.165, 1.54) is 14.2 Å². The molecule has 0 aliphatic carbocycles. The lowest BCUT2D eigenvalue weighted by Gasteiger charge is -2.22. The molecule has 0 unspecified atom stereocenters. The monoisotopic (exact) mass is 442 g/mol. The number of carbonyl (C=O) groups is 1. The molecule has 31 heavy (non-hydrogen) atoms. The van der Waals surface area contributed by atoms with Crippen LogP contribution in [0.3, 0.4) is 0 Å². The molecule has 0 bridgehead atoms. The minimum absolute atomic E-state index is 0.171. The van der Waals surface area contributed by atoms with Crippen molar-refractivity contribution < 1.29 is 22.7 Å². The first-order chi connectivity index (χ1) is 14.7. The number of rotatable bonds is 7. The second-order valence-corrected chi connectivity index (χ2v) is 9.13. The van der Waals surface area contributed by atoms with Gasteiger partial charge in [0.2, 0.25) is 10.0 Å². The van der Waals surface area contributed by atoms with E-state index < -0.39 is 15.9 Å². The van der Waals surface area contributed by atoms with E-state index >= 15 is 0 Å². The highest BCUT2D eigenvalue weighted by molar-refractivity contribution is 7.88. The van der Waals surface area contributed by atoms with Gasteiger partial charge < -0.3 is 14.0 Å². The van der Waals surface area contributed by atoms with Crippen LogP contribution in [0.5, 0.6) is 11.5 Å². The van der Waals surface area contributed by atoms with Crippen LogP contribution in [0.25, 0.3) is 5.69 Å². The van der Waals surface area contributed by atoms with Gasteiger partial charge in [-0.15, -0.1) is 0 Å². The maximum Gasteiger partial charge on any atom is 0.267 e. The molecule has 0 N–H and O–H groups in total. The number of methoxy groups -OCH3 is 2. The minimum atomic E-state index is -3.84. The number of hydrogen-bond donors (Lipinski definition) is 0. The molecule has 0 radical (unpaired) electrons. The molecule has 0 spiro atoms. The predicted octanol–water partition coefficient (Wildman–Crippen LogP) is 3.71. The summed E-state index contributed by atoms with van der Waals surface area (Å²) >= 11 is 0. The molecule has 164 valence electrons. The molecular weight excluding hydrogens is 416 g/mol. The third-order valence-corrected chi connectivity index (χ3v) is 6.16. The lowest BCUT2D eigenvalue weighted by molar-refractivity contribution is 0.0855. The Bertz CT molecular complexity index is 1180. The topological polar surface area (TPSA) is 77.8 Å². The molecule has 7 nitrogen and oxygen atoms in total. The van der Waals surface area contributed by atoms with Crippen LogP contribution in [0.2, 0.25) is 0 Å². The third-order valence-electron chi connectivity index (χ3n) is 5.07. The van der Waals surface area contributed by atoms with Gasteiger partial charge in [-0.05, 0) is 56.3 Å². The summed E-state index contributed by atoms with van der Waals surface area (Å²) in [6.45, 7) is 3.83. The Labute approximate surface area is 182 Å². The number of hydrogen-bond acceptors (Lipinski definition) is 5. The number of amides is 1. The first kappa shape index (κ1) is 22.4. The number of benzene rings is 2. The van der Waals surface area contributed by atoms with Crippen LogP contribution in [0.4, 0.5) is 0 Å². The number of aryl methyl sites for hydroxylation is 2. The molecule has 1 amide bonds. The highest BCUT2D eigenvalue weighted by atomic mass is 32.2. The fraction of sp³-hybridized carbons (Fsp3) is 0.261. The minimum Gasteiger partial charge on any atom is -0.493 e. The van der Waals surface area contributed by atoms with E-state index in [0.717, 1.165) is 27.6 Å². The molecule has 0 atom stereocenters. The van der Waals surface area contributed by atoms with Gasteiger partial charge in [0.05, 0.1) is 27.0 Å². The lowest BCUT2D eigenvalue weighted by Crippen LogP contribution is -2.35. The quantitative estimate of drug-likeness (QED) is 0.557. The smallest absolute Gasteiger partial charge is 0.267 e. The SMILES string of the molecule is COc1cccc(CN(C(=O)c2ccc(-n3c(C)ccc3C)cc2)S(C)(=O)=O)c1OC. The summed E-state index contributed by atoms with van der Waals surface area (Å²) < 4.78 is 38.5. The first-order valence-corrected chi connectivity index (χ1v) is 11.5. The average Bonchev–Trinajstić information content (AvgIpc) is 3.08. The van der Waals surface area contributed by atoms with Crippen LogP contribution in [0, 0.1) is 13.8 Å². The molecular formula is C23H26N2O5S. The van der Waals surface area contributed by atoms with Crippen LogP contribution in [-0.4, -0.2) is 43.7 Å². The largest absolute Gasteiger partial charge is 0.493 e. The zero-order valence-corrected chi connectivity index (χ0v) is 19.1. The normalized spacial score (nSPS) is 11.3. The Morgan fingerprint density at radius 1 is 0.935 bits per heavy atom. The van der Waals surface area contributed by atoms with E-state index in [9.17, 15) is 13.2 Å². The maximum absolute atomic E-state index is 13.1. The van der Waals surface area contributed by atoms with Crippen LogP contribution in [-0.2, 0) is 16.6 Å². The Morgan fingerprint density at radius 3 is 2.06 bits per heavy atom. The van der Waals surface area contributed by atoms with E-state index in [1.54, 1.807) is 42.5 Å². The number of carbonyl (C=O) groups excluding carboxylic acids is 1. The third kappa shape index (κ3) is 4.59. The van der Waals surface area contributed by atoms with E-state index in [-0.39, 0.29) is 12.1 Å². The fourth-order valence-electron chi connectivity index (χ4n) is 3.55. The highest BCUT2D eigenvalue weighted by Crippen LogP contribution is 2.32. The van der Waals surface area contributed by atoms with Gasteiger partial charge >= 0.3 is 0 Å². The highest BCUT2D eigenvalue weighted by Gasteiger charge is 2.27. The summed E-state index contributed by atoms with van der Waals surface area (Å²) in [7, 11) is -0.873. The van der Waals surface area contributed by atoms with Crippen molar-refractivity contribution in [2.24, 2.45) is 0 Å². The predicted molar refractivity (Wildman–Crippen MR) is 120 cm³/mol. The average molecular weight is 443 g/mol. The van der Waals surface area contributed by atoms with Crippen molar-refractivity contribution in [2.75, 3.05) is 20.5 Å². The molecule has 0 aliphatic rings. The molecule has 8 heteroatoms. The second-order valence-electron chi connectivity index (χ2n) is 7.23. The summed E-state index contributed by atoms with van der Waals surface area (Å²) in [5.74, 6) is 0.239. The summed E-state index contributed by atoms with van der Waals surface area (Å²) in [5, 5.41) is 0. The number of para-hydroxylation sites is 1. The van der Waals surface area contributed by atoms with Crippen molar-refractivity contribution in [3.05, 3.63) is 77.1 Å². The maximum atomic E-state index is 13.1. The van der Waals surface area contributed by atoms with Crippen molar-refractivity contribution >= 4 is 15.9 Å². The fourth-order valence-corrected chi connectivity index (χ4v) is 4.33. The molecule has 0 saturated heterocycles. The Morgan fingerprint density at radius 2 is 1.55 bits per heavy atom. The van der Waals surface area contributed by atoms with Gasteiger partial charge in [0.1, 0.15) is 0 Å². The van der Waals surface area contributed by atoms with Gasteiger partial charge in [0.15, 0.2) is 11.5 Å². The van der Waals surface area contributed by atoms with Crippen molar-refractivity contribution in [1.82, 2.24) is 8.87 Å².